The van der Waals surface area contributed by atoms with Crippen molar-refractivity contribution < 1.29 is 32.2 Å². The van der Waals surface area contributed by atoms with Gasteiger partial charge in [0.25, 0.3) is 0 Å². The smallest absolute Gasteiger partial charge is 0.471 e. The Labute approximate surface area is 159 Å². The zero-order valence-electron chi connectivity index (χ0n) is 15.4. The van der Waals surface area contributed by atoms with Crippen LogP contribution in [0, 0.1) is 6.92 Å². The van der Waals surface area contributed by atoms with Gasteiger partial charge in [0, 0.05) is 0 Å². The van der Waals surface area contributed by atoms with E-state index in [0.717, 1.165) is 5.56 Å². The lowest BCUT2D eigenvalue weighted by molar-refractivity contribution is -0.174. The van der Waals surface area contributed by atoms with Crippen LogP contribution >= 0.6 is 0 Å². The average Bonchev–Trinajstić information content (AvgIpc) is 2.66. The summed E-state index contributed by atoms with van der Waals surface area (Å²) in [7, 11) is 1.22. The minimum absolute atomic E-state index is 0.0557. The number of nitrogens with zero attached hydrogens (tertiary/aromatic N) is 1. The second-order valence-electron chi connectivity index (χ2n) is 6.08. The van der Waals surface area contributed by atoms with Crippen molar-refractivity contribution in [3.8, 4) is 5.75 Å². The molecule has 0 aliphatic heterocycles. The SMILES string of the molecule is COC(=O)c1ccc(OC(c2ccc(C)cc2)C(C)NC(=O)C(F)(F)F)cn1. The van der Waals surface area contributed by atoms with Crippen LogP contribution in [-0.4, -0.2) is 36.2 Å². The summed E-state index contributed by atoms with van der Waals surface area (Å²) in [5, 5.41) is 1.91. The molecule has 1 heterocycles. The highest BCUT2D eigenvalue weighted by atomic mass is 19.4. The van der Waals surface area contributed by atoms with Crippen LogP contribution in [0.5, 0.6) is 5.75 Å². The van der Waals surface area contributed by atoms with E-state index in [-0.39, 0.29) is 11.4 Å². The third-order valence-electron chi connectivity index (χ3n) is 3.87. The summed E-state index contributed by atoms with van der Waals surface area (Å²) < 4.78 is 48.1. The van der Waals surface area contributed by atoms with Crippen LogP contribution < -0.4 is 10.1 Å². The van der Waals surface area contributed by atoms with Gasteiger partial charge in [-0.05, 0) is 31.5 Å². The number of aryl methyl sites for hydroxylation is 1. The van der Waals surface area contributed by atoms with E-state index < -0.39 is 30.2 Å². The molecular weight excluding hydrogens is 377 g/mol. The van der Waals surface area contributed by atoms with Crippen molar-refractivity contribution in [3.63, 3.8) is 0 Å². The van der Waals surface area contributed by atoms with Gasteiger partial charge in [0.15, 0.2) is 0 Å². The van der Waals surface area contributed by atoms with Gasteiger partial charge in [0.1, 0.15) is 17.5 Å². The molecular formula is C19H19F3N2O4. The van der Waals surface area contributed by atoms with Gasteiger partial charge in [0.05, 0.1) is 19.3 Å². The van der Waals surface area contributed by atoms with Gasteiger partial charge in [-0.3, -0.25) is 4.79 Å². The summed E-state index contributed by atoms with van der Waals surface area (Å²) >= 11 is 0. The number of hydrogen-bond donors (Lipinski definition) is 1. The predicted molar refractivity (Wildman–Crippen MR) is 93.8 cm³/mol. The number of methoxy groups -OCH3 is 1. The van der Waals surface area contributed by atoms with Crippen molar-refractivity contribution in [3.05, 3.63) is 59.4 Å². The van der Waals surface area contributed by atoms with E-state index in [1.54, 1.807) is 24.3 Å². The molecule has 0 fully saturated rings. The monoisotopic (exact) mass is 396 g/mol. The van der Waals surface area contributed by atoms with Crippen LogP contribution in [0.25, 0.3) is 0 Å². The largest absolute Gasteiger partial charge is 0.482 e. The van der Waals surface area contributed by atoms with E-state index in [4.69, 9.17) is 4.74 Å². The van der Waals surface area contributed by atoms with Gasteiger partial charge in [-0.25, -0.2) is 9.78 Å². The van der Waals surface area contributed by atoms with E-state index >= 15 is 0 Å². The van der Waals surface area contributed by atoms with Crippen molar-refractivity contribution in [2.24, 2.45) is 0 Å². The molecule has 0 aliphatic rings. The average molecular weight is 396 g/mol. The number of alkyl halides is 3. The molecule has 2 aromatic rings. The van der Waals surface area contributed by atoms with Gasteiger partial charge in [-0.1, -0.05) is 29.8 Å². The number of ether oxygens (including phenoxy) is 2. The van der Waals surface area contributed by atoms with Gasteiger partial charge in [-0.15, -0.1) is 0 Å². The quantitative estimate of drug-likeness (QED) is 0.758. The lowest BCUT2D eigenvalue weighted by Crippen LogP contribution is -2.45. The fourth-order valence-corrected chi connectivity index (χ4v) is 2.40. The normalized spacial score (nSPS) is 13.4. The highest BCUT2D eigenvalue weighted by Crippen LogP contribution is 2.26. The molecule has 150 valence electrons. The Bertz CT molecular complexity index is 821. The first-order chi connectivity index (χ1) is 13.1. The van der Waals surface area contributed by atoms with Crippen LogP contribution in [0.3, 0.4) is 0 Å². The summed E-state index contributed by atoms with van der Waals surface area (Å²) in [5.41, 5.74) is 1.58. The Morgan fingerprint density at radius 1 is 1.11 bits per heavy atom. The lowest BCUT2D eigenvalue weighted by Gasteiger charge is -2.27. The van der Waals surface area contributed by atoms with Crippen molar-refractivity contribution in [1.82, 2.24) is 10.3 Å². The van der Waals surface area contributed by atoms with Gasteiger partial charge in [-0.2, -0.15) is 13.2 Å². The maximum absolute atomic E-state index is 12.6. The van der Waals surface area contributed by atoms with Crippen molar-refractivity contribution in [2.45, 2.75) is 32.2 Å². The maximum atomic E-state index is 12.6. The molecule has 2 rings (SSSR count). The molecule has 2 unspecified atom stereocenters. The molecule has 0 bridgehead atoms. The Kier molecular flexibility index (Phi) is 6.61. The number of carbonyl (C=O) groups is 2. The van der Waals surface area contributed by atoms with E-state index in [1.807, 2.05) is 12.2 Å². The Morgan fingerprint density at radius 2 is 1.75 bits per heavy atom. The topological polar surface area (TPSA) is 77.5 Å². The first-order valence-corrected chi connectivity index (χ1v) is 8.27. The van der Waals surface area contributed by atoms with Gasteiger partial charge in [0.2, 0.25) is 0 Å². The first-order valence-electron chi connectivity index (χ1n) is 8.27. The molecule has 1 amide bonds. The summed E-state index contributed by atoms with van der Waals surface area (Å²) in [6.45, 7) is 3.27. The second kappa shape index (κ2) is 8.73. The summed E-state index contributed by atoms with van der Waals surface area (Å²) in [6.07, 6.45) is -4.67. The van der Waals surface area contributed by atoms with Gasteiger partial charge >= 0.3 is 18.1 Å². The number of pyridine rings is 1. The Hall–Kier alpha value is -3.10. The number of rotatable bonds is 6. The van der Waals surface area contributed by atoms with Crippen LogP contribution in [-0.2, 0) is 9.53 Å². The number of esters is 1. The third-order valence-corrected chi connectivity index (χ3v) is 3.87. The van der Waals surface area contributed by atoms with Crippen molar-refractivity contribution in [2.75, 3.05) is 7.11 Å². The summed E-state index contributed by atoms with van der Waals surface area (Å²) in [6, 6.07) is 8.77. The number of halogens is 3. The minimum atomic E-state index is -5.00. The fraction of sp³-hybridized carbons (Fsp3) is 0.316. The molecule has 2 atom stereocenters. The van der Waals surface area contributed by atoms with Gasteiger partial charge < -0.3 is 14.8 Å². The molecule has 9 heteroatoms. The van der Waals surface area contributed by atoms with E-state index in [2.05, 4.69) is 9.72 Å². The highest BCUT2D eigenvalue weighted by molar-refractivity contribution is 5.87. The van der Waals surface area contributed by atoms with E-state index in [1.165, 1.54) is 32.4 Å². The fourth-order valence-electron chi connectivity index (χ4n) is 2.40. The number of amides is 1. The molecule has 0 saturated heterocycles. The molecule has 0 spiro atoms. The number of carbonyl (C=O) groups excluding carboxylic acids is 2. The zero-order chi connectivity index (χ0) is 20.9. The van der Waals surface area contributed by atoms with E-state index in [9.17, 15) is 22.8 Å². The van der Waals surface area contributed by atoms with Crippen LogP contribution in [0.15, 0.2) is 42.6 Å². The molecule has 0 aliphatic carbocycles. The molecule has 1 N–H and O–H groups in total. The molecule has 1 aromatic heterocycles. The van der Waals surface area contributed by atoms with Crippen molar-refractivity contribution in [1.29, 1.82) is 0 Å². The number of benzene rings is 1. The summed E-state index contributed by atoms with van der Waals surface area (Å²) in [4.78, 5) is 26.7. The van der Waals surface area contributed by atoms with Crippen LogP contribution in [0.1, 0.15) is 34.6 Å². The number of hydrogen-bond acceptors (Lipinski definition) is 5. The maximum Gasteiger partial charge on any atom is 0.471 e. The van der Waals surface area contributed by atoms with E-state index in [0.29, 0.717) is 5.56 Å². The summed E-state index contributed by atoms with van der Waals surface area (Å²) in [5.74, 6) is -2.47. The van der Waals surface area contributed by atoms with Crippen LogP contribution in [0.2, 0.25) is 0 Å². The first kappa shape index (κ1) is 21.2. The molecule has 0 saturated carbocycles. The zero-order valence-corrected chi connectivity index (χ0v) is 15.4. The minimum Gasteiger partial charge on any atom is -0.482 e. The Morgan fingerprint density at radius 3 is 2.25 bits per heavy atom. The highest BCUT2D eigenvalue weighted by Gasteiger charge is 2.40. The van der Waals surface area contributed by atoms with Crippen LogP contribution in [0.4, 0.5) is 13.2 Å². The molecule has 6 nitrogen and oxygen atoms in total. The lowest BCUT2D eigenvalue weighted by atomic mass is 10.0. The third kappa shape index (κ3) is 5.45. The second-order valence-corrected chi connectivity index (χ2v) is 6.08. The molecule has 28 heavy (non-hydrogen) atoms. The Balaban J connectivity index is 2.26. The number of nitrogens with one attached hydrogen (secondary N) is 1. The van der Waals surface area contributed by atoms with Crippen molar-refractivity contribution >= 4 is 11.9 Å². The number of aromatic nitrogens is 1. The molecule has 0 radical (unpaired) electrons. The standard InChI is InChI=1S/C19H19F3N2O4/c1-11-4-6-13(7-5-11)16(12(2)24-18(26)19(20,21)22)28-14-8-9-15(23-10-14)17(25)27-3/h4-10,12,16H,1-3H3,(H,24,26). The molecule has 1 aromatic carbocycles. The predicted octanol–water partition coefficient (Wildman–Crippen LogP) is 3.36.